The molecule has 4 rings (SSSR count). The summed E-state index contributed by atoms with van der Waals surface area (Å²) >= 11 is 0. The van der Waals surface area contributed by atoms with Crippen molar-refractivity contribution < 1.29 is 40.6 Å². The highest BCUT2D eigenvalue weighted by Crippen LogP contribution is 2.52. The van der Waals surface area contributed by atoms with Gasteiger partial charge in [-0.05, 0) is 63.4 Å². The summed E-state index contributed by atoms with van der Waals surface area (Å²) < 4.78 is 92.1. The quantitative estimate of drug-likeness (QED) is 0.371. The molecule has 0 fully saturated rings. The van der Waals surface area contributed by atoms with Crippen LogP contribution in [0.3, 0.4) is 0 Å². The van der Waals surface area contributed by atoms with Crippen LogP contribution in [0, 0.1) is 0 Å². The Morgan fingerprint density at radius 2 is 1.70 bits per heavy atom. The molecule has 1 aromatic heterocycles. The number of fused-ring (bicyclic) bond motifs is 1. The van der Waals surface area contributed by atoms with Gasteiger partial charge in [-0.3, -0.25) is 0 Å². The Hall–Kier alpha value is -3.21. The van der Waals surface area contributed by atoms with E-state index in [1.165, 1.54) is 18.7 Å². The van der Waals surface area contributed by atoms with E-state index in [4.69, 9.17) is 9.15 Å². The fourth-order valence-corrected chi connectivity index (χ4v) is 5.03. The largest absolute Gasteiger partial charge is 0.491 e. The first kappa shape index (κ1) is 26.8. The maximum absolute atomic E-state index is 13.5. The van der Waals surface area contributed by atoms with E-state index in [1.807, 2.05) is 44.7 Å². The van der Waals surface area contributed by atoms with E-state index in [0.717, 1.165) is 11.6 Å². The molecule has 0 saturated heterocycles. The van der Waals surface area contributed by atoms with Crippen LogP contribution in [0.5, 0.6) is 5.75 Å². The summed E-state index contributed by atoms with van der Waals surface area (Å²) in [6, 6.07) is 9.53. The zero-order valence-corrected chi connectivity index (χ0v) is 20.5. The topological polar surface area (TPSA) is 58.7 Å². The molecule has 1 N–H and O–H groups in total. The third kappa shape index (κ3) is 4.32. The molecule has 200 valence electrons. The number of nitrogens with zero attached hydrogens (tertiary/aromatic N) is 2. The smallest absolute Gasteiger partial charge is 0.430 e. The molecule has 0 spiro atoms. The van der Waals surface area contributed by atoms with E-state index in [2.05, 4.69) is 4.98 Å². The first-order valence-electron chi connectivity index (χ1n) is 11.5. The van der Waals surface area contributed by atoms with Crippen LogP contribution >= 0.6 is 0 Å². The Balaban J connectivity index is 1.87. The highest BCUT2D eigenvalue weighted by molar-refractivity contribution is 5.66. The minimum atomic E-state index is -5.96. The van der Waals surface area contributed by atoms with E-state index in [-0.39, 0.29) is 24.1 Å². The molecule has 11 heteroatoms. The molecule has 2 atom stereocenters. The van der Waals surface area contributed by atoms with Crippen LogP contribution in [-0.4, -0.2) is 34.6 Å². The van der Waals surface area contributed by atoms with Crippen LogP contribution in [0.4, 0.5) is 32.0 Å². The average Bonchev–Trinajstić information content (AvgIpc) is 3.43. The van der Waals surface area contributed by atoms with E-state index in [0.29, 0.717) is 23.2 Å². The lowest BCUT2D eigenvalue weighted by atomic mass is 9.85. The lowest BCUT2D eigenvalue weighted by molar-refractivity contribution is -0.376. The van der Waals surface area contributed by atoms with E-state index < -0.39 is 29.1 Å². The lowest BCUT2D eigenvalue weighted by Gasteiger charge is -2.43. The number of halogens is 6. The van der Waals surface area contributed by atoms with E-state index in [9.17, 15) is 31.4 Å². The first-order valence-corrected chi connectivity index (χ1v) is 11.5. The number of oxazole rings is 1. The van der Waals surface area contributed by atoms with Crippen LogP contribution in [-0.2, 0) is 17.6 Å². The van der Waals surface area contributed by atoms with Gasteiger partial charge >= 0.3 is 12.4 Å². The monoisotopic (exact) mass is 528 g/mol. The number of hydrogen-bond donors (Lipinski definition) is 1. The molecule has 37 heavy (non-hydrogen) atoms. The zero-order chi connectivity index (χ0) is 27.4. The third-order valence-corrected chi connectivity index (χ3v) is 6.71. The normalized spacial score (nSPS) is 18.2. The van der Waals surface area contributed by atoms with Gasteiger partial charge in [0, 0.05) is 17.3 Å². The first-order chi connectivity index (χ1) is 17.1. The van der Waals surface area contributed by atoms with Gasteiger partial charge in [0.05, 0.1) is 6.10 Å². The molecule has 0 radical (unpaired) electrons. The summed E-state index contributed by atoms with van der Waals surface area (Å²) in [6.45, 7) is 7.42. The number of benzene rings is 2. The molecule has 5 nitrogen and oxygen atoms in total. The Labute approximate surface area is 209 Å². The molecule has 0 saturated carbocycles. The summed E-state index contributed by atoms with van der Waals surface area (Å²) in [5, 5.41) is 9.91. The number of rotatable bonds is 6. The fourth-order valence-electron chi connectivity index (χ4n) is 5.03. The van der Waals surface area contributed by atoms with Crippen molar-refractivity contribution in [3.63, 3.8) is 0 Å². The van der Waals surface area contributed by atoms with Crippen molar-refractivity contribution in [2.45, 2.75) is 69.8 Å². The number of alkyl halides is 6. The number of aromatic nitrogens is 1. The predicted molar refractivity (Wildman–Crippen MR) is 123 cm³/mol. The van der Waals surface area contributed by atoms with E-state index in [1.54, 1.807) is 12.1 Å². The zero-order valence-electron chi connectivity index (χ0n) is 20.5. The fraction of sp³-hybridized carbons (Fsp3) is 0.423. The maximum atomic E-state index is 13.5. The van der Waals surface area contributed by atoms with Gasteiger partial charge in [0.1, 0.15) is 23.2 Å². The molecular formula is C26H26F6N2O3. The summed E-state index contributed by atoms with van der Waals surface area (Å²) in [5.74, 6) is 0.588. The molecule has 2 heterocycles. The highest BCUT2D eigenvalue weighted by Gasteiger charge is 2.71. The number of anilines is 1. The van der Waals surface area contributed by atoms with E-state index >= 15 is 0 Å². The van der Waals surface area contributed by atoms with Crippen molar-refractivity contribution in [2.75, 3.05) is 4.90 Å². The van der Waals surface area contributed by atoms with Gasteiger partial charge in [-0.25, -0.2) is 4.98 Å². The van der Waals surface area contributed by atoms with Crippen LogP contribution in [0.15, 0.2) is 59.5 Å². The van der Waals surface area contributed by atoms with Gasteiger partial charge in [-0.15, -0.1) is 0 Å². The Morgan fingerprint density at radius 1 is 1.03 bits per heavy atom. The SMILES string of the molecule is CC(C)Oc1cccc(C(C)(c2cocn2)N2c3ccc(C(O)(C(F)(F)F)C(F)(F)F)cc3CC2C)c1. The van der Waals surface area contributed by atoms with Gasteiger partial charge in [-0.1, -0.05) is 24.3 Å². The van der Waals surface area contributed by atoms with Crippen LogP contribution < -0.4 is 9.64 Å². The minimum Gasteiger partial charge on any atom is -0.491 e. The maximum Gasteiger partial charge on any atom is 0.430 e. The van der Waals surface area contributed by atoms with Gasteiger partial charge in [0.2, 0.25) is 0 Å². The van der Waals surface area contributed by atoms with Crippen LogP contribution in [0.2, 0.25) is 0 Å². The minimum absolute atomic E-state index is 0.0978. The molecule has 2 aromatic carbocycles. The second-order valence-corrected chi connectivity index (χ2v) is 9.61. The molecule has 3 aromatic rings. The number of ether oxygens (including phenoxy) is 1. The van der Waals surface area contributed by atoms with Gasteiger partial charge in [0.15, 0.2) is 6.39 Å². The second-order valence-electron chi connectivity index (χ2n) is 9.61. The molecule has 1 aliphatic rings. The van der Waals surface area contributed by atoms with Crippen molar-refractivity contribution in [1.29, 1.82) is 0 Å². The van der Waals surface area contributed by atoms with Crippen molar-refractivity contribution >= 4 is 5.69 Å². The summed E-state index contributed by atoms with van der Waals surface area (Å²) in [4.78, 5) is 6.23. The van der Waals surface area contributed by atoms with Crippen LogP contribution in [0.25, 0.3) is 0 Å². The predicted octanol–water partition coefficient (Wildman–Crippen LogP) is 6.49. The van der Waals surface area contributed by atoms with Crippen molar-refractivity contribution in [1.82, 2.24) is 4.98 Å². The summed E-state index contributed by atoms with van der Waals surface area (Å²) in [5.41, 5.74) is -5.44. The Bertz CT molecular complexity index is 1240. The van der Waals surface area contributed by atoms with Crippen molar-refractivity contribution in [3.8, 4) is 5.75 Å². The molecule has 0 aliphatic carbocycles. The number of hydrogen-bond acceptors (Lipinski definition) is 5. The summed E-state index contributed by atoms with van der Waals surface area (Å²) in [7, 11) is 0. The Kier molecular flexibility index (Phi) is 6.51. The molecular weight excluding hydrogens is 502 g/mol. The summed E-state index contributed by atoms with van der Waals surface area (Å²) in [6.07, 6.45) is -9.18. The Morgan fingerprint density at radius 3 is 2.27 bits per heavy atom. The van der Waals surface area contributed by atoms with Gasteiger partial charge in [0.25, 0.3) is 5.60 Å². The lowest BCUT2D eigenvalue weighted by Crippen LogP contribution is -2.54. The van der Waals surface area contributed by atoms with Gasteiger partial charge < -0.3 is 19.2 Å². The third-order valence-electron chi connectivity index (χ3n) is 6.71. The van der Waals surface area contributed by atoms with Gasteiger partial charge in [-0.2, -0.15) is 26.3 Å². The highest BCUT2D eigenvalue weighted by atomic mass is 19.4. The van der Waals surface area contributed by atoms with Crippen LogP contribution in [0.1, 0.15) is 50.1 Å². The molecule has 0 bridgehead atoms. The second kappa shape index (κ2) is 8.97. The van der Waals surface area contributed by atoms with Crippen molar-refractivity contribution in [3.05, 3.63) is 77.5 Å². The molecule has 2 unspecified atom stereocenters. The number of aliphatic hydroxyl groups is 1. The average molecular weight is 528 g/mol. The standard InChI is InChI=1S/C26H26F6N2O3/c1-15(2)37-20-7-5-6-18(12-20)23(4,22-13-36-14-33-22)34-16(3)10-17-11-19(8-9-21(17)34)24(35,25(27,28)29)26(30,31)32/h5-9,11-16,35H,10H2,1-4H3. The molecule has 1 aliphatic heterocycles. The van der Waals surface area contributed by atoms with Crippen molar-refractivity contribution in [2.24, 2.45) is 0 Å². The molecule has 0 amide bonds.